The van der Waals surface area contributed by atoms with Crippen molar-refractivity contribution in [3.63, 3.8) is 0 Å². The summed E-state index contributed by atoms with van der Waals surface area (Å²) in [6.07, 6.45) is -0.845. The summed E-state index contributed by atoms with van der Waals surface area (Å²) < 4.78 is 17.4. The van der Waals surface area contributed by atoms with Gasteiger partial charge in [-0.15, -0.1) is 11.3 Å². The third-order valence-electron chi connectivity index (χ3n) is 8.48. The monoisotopic (exact) mass is 625 g/mol. The Kier molecular flexibility index (Phi) is 13.0. The summed E-state index contributed by atoms with van der Waals surface area (Å²) in [4.78, 5) is 31.8. The summed E-state index contributed by atoms with van der Waals surface area (Å²) in [5.41, 5.74) is -0.284. The predicted molar refractivity (Wildman–Crippen MR) is 160 cm³/mol. The van der Waals surface area contributed by atoms with E-state index in [4.69, 9.17) is 14.2 Å². The van der Waals surface area contributed by atoms with Crippen LogP contribution < -0.4 is 0 Å². The van der Waals surface area contributed by atoms with Gasteiger partial charge in [-0.3, -0.25) is 9.59 Å². The summed E-state index contributed by atoms with van der Waals surface area (Å²) >= 11 is 1.46. The van der Waals surface area contributed by atoms with Gasteiger partial charge in [0.05, 0.1) is 48.0 Å². The molecule has 12 heteroatoms. The molecule has 1 fully saturated rings. The van der Waals surface area contributed by atoms with Crippen molar-refractivity contribution in [2.24, 2.45) is 17.3 Å². The topological polar surface area (TPSA) is 176 Å². The van der Waals surface area contributed by atoms with E-state index in [1.165, 1.54) is 11.3 Å². The number of rotatable bonds is 6. The standard InChI is InChI=1S/C31H47NO10S/c1-17-10-8-6-7-9-11-22(20(14-33)12-21-16-43-19(3)32-21)40-25(35)13-24(31(4,5)29(39)18(2)26(17)36)42-30-28(38)27(37)23(15-34)41-30/h7,9,12,16-18,22-24,26-28,30,33-34,36-38H,6,8,10-11,13-15H2,1-5H3/b9-7?,20-12+/t17-,18+,22-,23+,24-,26-,27+,28?,30+/m0/s1. The smallest absolute Gasteiger partial charge is 0.309 e. The molecular formula is C31H47NO10S. The minimum Gasteiger partial charge on any atom is -0.457 e. The van der Waals surface area contributed by atoms with E-state index in [1.54, 1.807) is 26.8 Å². The predicted octanol–water partition coefficient (Wildman–Crippen LogP) is 2.31. The molecule has 0 saturated carbocycles. The quantitative estimate of drug-likeness (QED) is 0.232. The Hall–Kier alpha value is -2.03. The van der Waals surface area contributed by atoms with Crippen LogP contribution in [0.1, 0.15) is 70.5 Å². The molecule has 0 bridgehead atoms. The molecule has 1 aromatic heterocycles. The van der Waals surface area contributed by atoms with Crippen LogP contribution in [-0.4, -0.2) is 98.4 Å². The largest absolute Gasteiger partial charge is 0.457 e. The zero-order chi connectivity index (χ0) is 31.9. The summed E-state index contributed by atoms with van der Waals surface area (Å²) in [6, 6.07) is 0. The number of aromatic nitrogens is 1. The van der Waals surface area contributed by atoms with E-state index in [2.05, 4.69) is 4.98 Å². The zero-order valence-electron chi connectivity index (χ0n) is 25.6. The minimum atomic E-state index is -1.54. The van der Waals surface area contributed by atoms with Crippen LogP contribution in [0.4, 0.5) is 0 Å². The summed E-state index contributed by atoms with van der Waals surface area (Å²) in [5.74, 6) is -2.04. The van der Waals surface area contributed by atoms with Gasteiger partial charge in [0.1, 0.15) is 30.2 Å². The van der Waals surface area contributed by atoms with Gasteiger partial charge in [-0.25, -0.2) is 4.98 Å². The van der Waals surface area contributed by atoms with E-state index >= 15 is 0 Å². The first kappa shape index (κ1) is 35.4. The van der Waals surface area contributed by atoms with E-state index in [0.717, 1.165) is 17.8 Å². The van der Waals surface area contributed by atoms with Crippen LogP contribution in [0, 0.1) is 24.2 Å². The highest BCUT2D eigenvalue weighted by molar-refractivity contribution is 7.09. The fourth-order valence-corrected chi connectivity index (χ4v) is 6.15. The lowest BCUT2D eigenvalue weighted by Gasteiger charge is -2.38. The number of hydrogen-bond acceptors (Lipinski definition) is 12. The Morgan fingerprint density at radius 3 is 2.47 bits per heavy atom. The van der Waals surface area contributed by atoms with Gasteiger partial charge in [-0.05, 0) is 43.8 Å². The van der Waals surface area contributed by atoms with Crippen molar-refractivity contribution < 1.29 is 49.3 Å². The van der Waals surface area contributed by atoms with Crippen LogP contribution in [0.15, 0.2) is 23.1 Å². The molecule has 0 aliphatic carbocycles. The average molecular weight is 626 g/mol. The van der Waals surface area contributed by atoms with Crippen molar-refractivity contribution >= 4 is 29.2 Å². The molecule has 1 unspecified atom stereocenters. The maximum absolute atomic E-state index is 13.9. The number of nitrogens with zero attached hydrogens (tertiary/aromatic N) is 1. The van der Waals surface area contributed by atoms with Gasteiger partial charge in [-0.1, -0.05) is 39.8 Å². The molecule has 3 rings (SSSR count). The maximum Gasteiger partial charge on any atom is 0.309 e. The number of ether oxygens (including phenoxy) is 3. The highest BCUT2D eigenvalue weighted by Gasteiger charge is 2.49. The zero-order valence-corrected chi connectivity index (χ0v) is 26.4. The second-order valence-electron chi connectivity index (χ2n) is 12.2. The Labute approximate surface area is 257 Å². The molecule has 2 aliphatic rings. The lowest BCUT2D eigenvalue weighted by molar-refractivity contribution is -0.218. The molecular weight excluding hydrogens is 578 g/mol. The normalized spacial score (nSPS) is 35.2. The molecule has 0 aromatic carbocycles. The minimum absolute atomic E-state index is 0.168. The van der Waals surface area contributed by atoms with Crippen molar-refractivity contribution in [1.82, 2.24) is 4.98 Å². The first-order valence-electron chi connectivity index (χ1n) is 14.9. The van der Waals surface area contributed by atoms with Crippen LogP contribution in [0.5, 0.6) is 0 Å². The van der Waals surface area contributed by atoms with E-state index in [0.29, 0.717) is 24.1 Å². The van der Waals surface area contributed by atoms with Gasteiger partial charge < -0.3 is 39.7 Å². The number of ketones is 1. The van der Waals surface area contributed by atoms with E-state index in [9.17, 15) is 35.1 Å². The van der Waals surface area contributed by atoms with E-state index < -0.39 is 73.2 Å². The van der Waals surface area contributed by atoms with Crippen LogP contribution in [0.2, 0.25) is 0 Å². The highest BCUT2D eigenvalue weighted by atomic mass is 32.1. The van der Waals surface area contributed by atoms with Gasteiger partial charge in [0.25, 0.3) is 0 Å². The fraction of sp³-hybridized carbons (Fsp3) is 0.710. The third-order valence-corrected chi connectivity index (χ3v) is 9.28. The second-order valence-corrected chi connectivity index (χ2v) is 13.2. The van der Waals surface area contributed by atoms with Crippen molar-refractivity contribution in [2.45, 2.75) is 110 Å². The number of esters is 1. The number of thiazole rings is 1. The molecule has 1 aromatic rings. The molecule has 2 aliphatic heterocycles. The number of aliphatic hydroxyl groups is 5. The lowest BCUT2D eigenvalue weighted by atomic mass is 9.72. The van der Waals surface area contributed by atoms with Gasteiger partial charge >= 0.3 is 5.97 Å². The third kappa shape index (κ3) is 9.01. The van der Waals surface area contributed by atoms with E-state index in [1.807, 2.05) is 31.4 Å². The SMILES string of the molecule is Cc1nc(/C=C(\CO)[C@@H]2CC=CCCC[C@H](C)[C@H](O)[C@@H](C)C(=O)C(C)(C)[C@@H](O[C@H]3O[C@H](CO)[C@@H](O)C3O)CC(=O)O2)cs1. The van der Waals surface area contributed by atoms with Gasteiger partial charge in [0.15, 0.2) is 6.29 Å². The number of aliphatic hydroxyl groups excluding tert-OH is 5. The number of cyclic esters (lactones) is 1. The van der Waals surface area contributed by atoms with Crippen LogP contribution in [-0.2, 0) is 23.8 Å². The number of carbonyl (C=O) groups excluding carboxylic acids is 2. The fourth-order valence-electron chi connectivity index (χ4n) is 5.58. The Balaban J connectivity index is 1.97. The molecule has 43 heavy (non-hydrogen) atoms. The van der Waals surface area contributed by atoms with Crippen LogP contribution in [0.25, 0.3) is 6.08 Å². The average Bonchev–Trinajstić information content (AvgIpc) is 3.51. The molecule has 0 amide bonds. The van der Waals surface area contributed by atoms with Crippen molar-refractivity contribution in [3.8, 4) is 0 Å². The molecule has 242 valence electrons. The Morgan fingerprint density at radius 2 is 1.86 bits per heavy atom. The van der Waals surface area contributed by atoms with Crippen molar-refractivity contribution in [3.05, 3.63) is 33.8 Å². The van der Waals surface area contributed by atoms with Crippen LogP contribution in [0.3, 0.4) is 0 Å². The Bertz CT molecular complexity index is 1130. The molecule has 1 saturated heterocycles. The maximum atomic E-state index is 13.9. The number of allylic oxidation sites excluding steroid dienone is 1. The van der Waals surface area contributed by atoms with Gasteiger partial charge in [0.2, 0.25) is 0 Å². The van der Waals surface area contributed by atoms with Crippen molar-refractivity contribution in [2.75, 3.05) is 13.2 Å². The molecule has 11 nitrogen and oxygen atoms in total. The molecule has 5 N–H and O–H groups in total. The Morgan fingerprint density at radius 1 is 1.14 bits per heavy atom. The van der Waals surface area contributed by atoms with Gasteiger partial charge in [0, 0.05) is 17.7 Å². The first-order valence-corrected chi connectivity index (χ1v) is 15.8. The van der Waals surface area contributed by atoms with Crippen molar-refractivity contribution in [1.29, 1.82) is 0 Å². The first-order chi connectivity index (χ1) is 20.3. The summed E-state index contributed by atoms with van der Waals surface area (Å²) in [7, 11) is 0. The summed E-state index contributed by atoms with van der Waals surface area (Å²) in [6.45, 7) is 7.65. The van der Waals surface area contributed by atoms with Gasteiger partial charge in [-0.2, -0.15) is 0 Å². The van der Waals surface area contributed by atoms with Crippen LogP contribution >= 0.6 is 11.3 Å². The summed E-state index contributed by atoms with van der Waals surface area (Å²) in [5, 5.41) is 54.3. The number of hydrogen-bond donors (Lipinski definition) is 5. The number of carbonyl (C=O) groups is 2. The second kappa shape index (κ2) is 15.8. The lowest BCUT2D eigenvalue weighted by Crippen LogP contribution is -2.49. The highest BCUT2D eigenvalue weighted by Crippen LogP contribution is 2.36. The number of Topliss-reactive ketones (excluding diaryl/α,β-unsaturated/α-hetero) is 1. The number of aryl methyl sites for hydroxylation is 1. The van der Waals surface area contributed by atoms with E-state index in [-0.39, 0.29) is 18.3 Å². The molecule has 0 radical (unpaired) electrons. The molecule has 3 heterocycles. The molecule has 9 atom stereocenters. The molecule has 0 spiro atoms.